The average Bonchev–Trinajstić information content (AvgIpc) is 2.63. The molecule has 13 heavy (non-hydrogen) atoms. The Labute approximate surface area is 75.8 Å². The van der Waals surface area contributed by atoms with E-state index in [0.29, 0.717) is 0 Å². The van der Waals surface area contributed by atoms with Crippen LogP contribution in [0.4, 0.5) is 0 Å². The first-order chi connectivity index (χ1) is 6.31. The van der Waals surface area contributed by atoms with Crippen molar-refractivity contribution in [1.29, 1.82) is 0 Å². The minimum absolute atomic E-state index is 0.0383. The summed E-state index contributed by atoms with van der Waals surface area (Å²) in [5.74, 6) is 0. The van der Waals surface area contributed by atoms with Gasteiger partial charge in [0.15, 0.2) is 0 Å². The highest BCUT2D eigenvalue weighted by atomic mass is 16.3. The number of benzene rings is 1. The molecule has 0 saturated carbocycles. The SMILES string of the molecule is N[C@@H](CO)c1ccc2occc2c1. The molecule has 2 rings (SSSR count). The third-order valence-electron chi connectivity index (χ3n) is 2.10. The van der Waals surface area contributed by atoms with E-state index in [1.807, 2.05) is 24.3 Å². The summed E-state index contributed by atoms with van der Waals surface area (Å²) in [5.41, 5.74) is 7.44. The number of hydrogen-bond acceptors (Lipinski definition) is 3. The Morgan fingerprint density at radius 2 is 2.23 bits per heavy atom. The molecule has 2 aromatic rings. The molecule has 0 spiro atoms. The molecule has 1 heterocycles. The van der Waals surface area contributed by atoms with Crippen LogP contribution in [0.15, 0.2) is 34.9 Å². The van der Waals surface area contributed by atoms with Crippen LogP contribution in [0.5, 0.6) is 0 Å². The first-order valence-corrected chi connectivity index (χ1v) is 4.15. The normalized spacial score (nSPS) is 13.4. The lowest BCUT2D eigenvalue weighted by molar-refractivity contribution is 0.268. The van der Waals surface area contributed by atoms with Crippen molar-refractivity contribution in [3.63, 3.8) is 0 Å². The molecule has 0 aliphatic heterocycles. The van der Waals surface area contributed by atoms with Crippen LogP contribution in [-0.4, -0.2) is 11.7 Å². The largest absolute Gasteiger partial charge is 0.464 e. The molecule has 3 nitrogen and oxygen atoms in total. The molecule has 1 aromatic heterocycles. The lowest BCUT2D eigenvalue weighted by atomic mass is 10.1. The van der Waals surface area contributed by atoms with Gasteiger partial charge >= 0.3 is 0 Å². The van der Waals surface area contributed by atoms with Crippen LogP contribution in [-0.2, 0) is 0 Å². The van der Waals surface area contributed by atoms with Gasteiger partial charge in [-0.3, -0.25) is 0 Å². The molecule has 1 atom stereocenters. The predicted octanol–water partition coefficient (Wildman–Crippen LogP) is 1.42. The first-order valence-electron chi connectivity index (χ1n) is 4.15. The molecular formula is C10H11NO2. The number of aliphatic hydroxyl groups excluding tert-OH is 1. The van der Waals surface area contributed by atoms with Crippen molar-refractivity contribution in [1.82, 2.24) is 0 Å². The molecule has 0 aliphatic carbocycles. The molecule has 0 unspecified atom stereocenters. The number of nitrogens with two attached hydrogens (primary N) is 1. The van der Waals surface area contributed by atoms with Crippen molar-refractivity contribution in [2.75, 3.05) is 6.61 Å². The molecule has 0 bridgehead atoms. The minimum Gasteiger partial charge on any atom is -0.464 e. The lowest BCUT2D eigenvalue weighted by Gasteiger charge is -2.07. The van der Waals surface area contributed by atoms with Gasteiger partial charge in [0.2, 0.25) is 0 Å². The van der Waals surface area contributed by atoms with E-state index in [-0.39, 0.29) is 12.6 Å². The summed E-state index contributed by atoms with van der Waals surface area (Å²) in [5, 5.41) is 9.88. The van der Waals surface area contributed by atoms with Crippen molar-refractivity contribution in [2.24, 2.45) is 5.73 Å². The standard InChI is InChI=1S/C10H11NO2/c11-9(6-12)7-1-2-10-8(5-7)3-4-13-10/h1-5,9,12H,6,11H2/t9-/m0/s1. The third kappa shape index (κ3) is 1.43. The Morgan fingerprint density at radius 1 is 1.38 bits per heavy atom. The van der Waals surface area contributed by atoms with Gasteiger partial charge in [-0.1, -0.05) is 6.07 Å². The van der Waals surface area contributed by atoms with Gasteiger partial charge in [-0.25, -0.2) is 0 Å². The first kappa shape index (κ1) is 8.29. The van der Waals surface area contributed by atoms with E-state index in [1.54, 1.807) is 6.26 Å². The zero-order valence-corrected chi connectivity index (χ0v) is 7.10. The second kappa shape index (κ2) is 3.20. The molecular weight excluding hydrogens is 166 g/mol. The highest BCUT2D eigenvalue weighted by molar-refractivity contribution is 5.77. The summed E-state index contributed by atoms with van der Waals surface area (Å²) in [6, 6.07) is 7.23. The maximum Gasteiger partial charge on any atom is 0.133 e. The fourth-order valence-electron chi connectivity index (χ4n) is 1.32. The van der Waals surface area contributed by atoms with Crippen molar-refractivity contribution < 1.29 is 9.52 Å². The van der Waals surface area contributed by atoms with Crippen molar-refractivity contribution >= 4 is 11.0 Å². The van der Waals surface area contributed by atoms with Crippen LogP contribution in [0, 0.1) is 0 Å². The topological polar surface area (TPSA) is 59.4 Å². The second-order valence-corrected chi connectivity index (χ2v) is 3.01. The molecule has 68 valence electrons. The van der Waals surface area contributed by atoms with Crippen LogP contribution in [0.25, 0.3) is 11.0 Å². The molecule has 0 saturated heterocycles. The van der Waals surface area contributed by atoms with Crippen LogP contribution in [0.3, 0.4) is 0 Å². The van der Waals surface area contributed by atoms with Gasteiger partial charge in [0.05, 0.1) is 18.9 Å². The average molecular weight is 177 g/mol. The van der Waals surface area contributed by atoms with Crippen LogP contribution in [0.1, 0.15) is 11.6 Å². The number of aliphatic hydroxyl groups is 1. The maximum atomic E-state index is 8.86. The summed E-state index contributed by atoms with van der Waals surface area (Å²) < 4.78 is 5.18. The summed E-state index contributed by atoms with van der Waals surface area (Å²) in [4.78, 5) is 0. The van der Waals surface area contributed by atoms with Gasteiger partial charge in [-0.15, -0.1) is 0 Å². The second-order valence-electron chi connectivity index (χ2n) is 3.01. The fraction of sp³-hybridized carbons (Fsp3) is 0.200. The highest BCUT2D eigenvalue weighted by Gasteiger charge is 2.05. The van der Waals surface area contributed by atoms with E-state index in [2.05, 4.69) is 0 Å². The quantitative estimate of drug-likeness (QED) is 0.729. The lowest BCUT2D eigenvalue weighted by Crippen LogP contribution is -2.13. The van der Waals surface area contributed by atoms with E-state index in [0.717, 1.165) is 16.5 Å². The molecule has 0 amide bonds. The Bertz CT molecular complexity index is 408. The van der Waals surface area contributed by atoms with Crippen molar-refractivity contribution in [3.05, 3.63) is 36.1 Å². The van der Waals surface area contributed by atoms with E-state index < -0.39 is 0 Å². The predicted molar refractivity (Wildman–Crippen MR) is 50.2 cm³/mol. The summed E-state index contributed by atoms with van der Waals surface area (Å²) in [6.45, 7) is -0.0383. The zero-order valence-electron chi connectivity index (χ0n) is 7.10. The number of hydrogen-bond donors (Lipinski definition) is 2. The van der Waals surface area contributed by atoms with Crippen LogP contribution in [0.2, 0.25) is 0 Å². The van der Waals surface area contributed by atoms with Crippen molar-refractivity contribution in [3.8, 4) is 0 Å². The van der Waals surface area contributed by atoms with Crippen molar-refractivity contribution in [2.45, 2.75) is 6.04 Å². The molecule has 3 N–H and O–H groups in total. The summed E-state index contributed by atoms with van der Waals surface area (Å²) >= 11 is 0. The Morgan fingerprint density at radius 3 is 3.00 bits per heavy atom. The molecule has 0 fully saturated rings. The fourth-order valence-corrected chi connectivity index (χ4v) is 1.32. The number of rotatable bonds is 2. The van der Waals surface area contributed by atoms with Crippen LogP contribution < -0.4 is 5.73 Å². The highest BCUT2D eigenvalue weighted by Crippen LogP contribution is 2.19. The molecule has 0 aliphatic rings. The third-order valence-corrected chi connectivity index (χ3v) is 2.10. The van der Waals surface area contributed by atoms with E-state index >= 15 is 0 Å². The van der Waals surface area contributed by atoms with Gasteiger partial charge in [-0.05, 0) is 23.8 Å². The van der Waals surface area contributed by atoms with Crippen LogP contribution >= 0.6 is 0 Å². The zero-order chi connectivity index (χ0) is 9.26. The maximum absolute atomic E-state index is 8.86. The van der Waals surface area contributed by atoms with E-state index in [9.17, 15) is 0 Å². The molecule has 0 radical (unpaired) electrons. The van der Waals surface area contributed by atoms with Gasteiger partial charge in [0.25, 0.3) is 0 Å². The minimum atomic E-state index is -0.306. The molecule has 1 aromatic carbocycles. The Hall–Kier alpha value is -1.32. The molecule has 3 heteroatoms. The summed E-state index contributed by atoms with van der Waals surface area (Å²) in [7, 11) is 0. The van der Waals surface area contributed by atoms with Gasteiger partial charge in [0, 0.05) is 5.39 Å². The van der Waals surface area contributed by atoms with Gasteiger partial charge in [0.1, 0.15) is 5.58 Å². The van der Waals surface area contributed by atoms with E-state index in [1.165, 1.54) is 0 Å². The van der Waals surface area contributed by atoms with E-state index in [4.69, 9.17) is 15.3 Å². The monoisotopic (exact) mass is 177 g/mol. The smallest absolute Gasteiger partial charge is 0.133 e. The number of furan rings is 1. The Kier molecular flexibility index (Phi) is 2.04. The van der Waals surface area contributed by atoms with Gasteiger partial charge < -0.3 is 15.3 Å². The Balaban J connectivity index is 2.48. The van der Waals surface area contributed by atoms with Gasteiger partial charge in [-0.2, -0.15) is 0 Å². The summed E-state index contributed by atoms with van der Waals surface area (Å²) in [6.07, 6.45) is 1.64. The number of fused-ring (bicyclic) bond motifs is 1.